The minimum Gasteiger partial charge on any atom is -0.374 e. The first-order valence-electron chi connectivity index (χ1n) is 11.6. The maximum absolute atomic E-state index is 13.3. The Bertz CT molecular complexity index is 736. The summed E-state index contributed by atoms with van der Waals surface area (Å²) < 4.78 is 32.5. The summed E-state index contributed by atoms with van der Waals surface area (Å²) in [4.78, 5) is 12.7. The van der Waals surface area contributed by atoms with Gasteiger partial charge in [0.15, 0.2) is 0 Å². The Morgan fingerprint density at radius 3 is 2.07 bits per heavy atom. The van der Waals surface area contributed by atoms with E-state index in [1.807, 2.05) is 0 Å². The summed E-state index contributed by atoms with van der Waals surface area (Å²) in [5, 5.41) is 6.59. The summed E-state index contributed by atoms with van der Waals surface area (Å²) in [6.07, 6.45) is 11.1. The second kappa shape index (κ2) is 8.10. The van der Waals surface area contributed by atoms with Crippen molar-refractivity contribution in [3.63, 3.8) is 0 Å². The number of hydrogen-bond donors (Lipinski definition) is 2. The number of rotatable bonds is 5. The van der Waals surface area contributed by atoms with Gasteiger partial charge in [0.2, 0.25) is 0 Å². The Kier molecular flexibility index (Phi) is 5.46. The van der Waals surface area contributed by atoms with Crippen LogP contribution in [0, 0.1) is 29.4 Å². The molecule has 0 saturated heterocycles. The third-order valence-corrected chi connectivity index (χ3v) is 7.83. The van der Waals surface area contributed by atoms with Gasteiger partial charge in [-0.25, -0.2) is 13.6 Å². The van der Waals surface area contributed by atoms with Crippen LogP contribution in [0.4, 0.5) is 13.6 Å². The molecule has 1 aromatic carbocycles. The first kappa shape index (κ1) is 20.2. The second-order valence-corrected chi connectivity index (χ2v) is 10.4. The van der Waals surface area contributed by atoms with Crippen LogP contribution in [0.1, 0.15) is 69.8 Å². The van der Waals surface area contributed by atoms with E-state index in [1.54, 1.807) is 0 Å². The highest BCUT2D eigenvalue weighted by atomic mass is 19.1. The Hall–Kier alpha value is -1.69. The van der Waals surface area contributed by atoms with E-state index in [0.717, 1.165) is 68.8 Å². The quantitative estimate of drug-likeness (QED) is 0.702. The fraction of sp³-hybridized carbons (Fsp3) is 0.708. The third kappa shape index (κ3) is 4.48. The molecule has 6 rings (SSSR count). The van der Waals surface area contributed by atoms with Crippen molar-refractivity contribution in [2.75, 3.05) is 0 Å². The molecule has 1 aromatic rings. The number of halogens is 2. The van der Waals surface area contributed by atoms with Gasteiger partial charge >= 0.3 is 6.03 Å². The molecule has 5 saturated carbocycles. The van der Waals surface area contributed by atoms with Crippen LogP contribution in [-0.2, 0) is 11.3 Å². The Morgan fingerprint density at radius 1 is 0.933 bits per heavy atom. The van der Waals surface area contributed by atoms with Crippen molar-refractivity contribution in [1.82, 2.24) is 10.6 Å². The van der Waals surface area contributed by atoms with Gasteiger partial charge in [0.25, 0.3) is 0 Å². The smallest absolute Gasteiger partial charge is 0.315 e. The Morgan fingerprint density at radius 2 is 1.50 bits per heavy atom. The monoisotopic (exact) mass is 418 g/mol. The lowest BCUT2D eigenvalue weighted by Crippen LogP contribution is -2.62. The van der Waals surface area contributed by atoms with Crippen LogP contribution >= 0.6 is 0 Å². The van der Waals surface area contributed by atoms with Gasteiger partial charge in [0, 0.05) is 17.6 Å². The van der Waals surface area contributed by atoms with Crippen LogP contribution < -0.4 is 10.6 Å². The summed E-state index contributed by atoms with van der Waals surface area (Å²) >= 11 is 0. The van der Waals surface area contributed by atoms with E-state index >= 15 is 0 Å². The molecule has 0 unspecified atom stereocenters. The molecule has 0 aromatic heterocycles. The first-order chi connectivity index (χ1) is 14.4. The number of nitrogens with one attached hydrogen (secondary N) is 2. The highest BCUT2D eigenvalue weighted by molar-refractivity contribution is 5.75. The molecular formula is C24H32F2N2O2. The van der Waals surface area contributed by atoms with E-state index in [0.29, 0.717) is 5.56 Å². The molecule has 4 bridgehead atoms. The molecule has 2 amide bonds. The zero-order valence-electron chi connectivity index (χ0n) is 17.5. The lowest BCUT2D eigenvalue weighted by Gasteiger charge is -2.56. The second-order valence-electron chi connectivity index (χ2n) is 10.4. The molecule has 0 radical (unpaired) electrons. The number of hydrogen-bond acceptors (Lipinski definition) is 2. The van der Waals surface area contributed by atoms with Crippen molar-refractivity contribution in [3.05, 3.63) is 35.4 Å². The predicted molar refractivity (Wildman–Crippen MR) is 110 cm³/mol. The number of carbonyl (C=O) groups excluding carboxylic acids is 1. The van der Waals surface area contributed by atoms with Gasteiger partial charge in [-0.1, -0.05) is 0 Å². The van der Waals surface area contributed by atoms with Crippen LogP contribution in [-0.4, -0.2) is 23.7 Å². The molecule has 5 aliphatic rings. The molecule has 0 atom stereocenters. The summed E-state index contributed by atoms with van der Waals surface area (Å²) in [6.45, 7) is 0.212. The maximum atomic E-state index is 13.3. The number of amides is 2. The molecule has 6 heteroatoms. The van der Waals surface area contributed by atoms with Crippen molar-refractivity contribution in [3.8, 4) is 0 Å². The molecule has 5 fully saturated rings. The van der Waals surface area contributed by atoms with Gasteiger partial charge in [-0.15, -0.1) is 0 Å². The average Bonchev–Trinajstić information content (AvgIpc) is 2.65. The van der Waals surface area contributed by atoms with Crippen LogP contribution in [0.5, 0.6) is 0 Å². The van der Waals surface area contributed by atoms with Gasteiger partial charge in [0.05, 0.1) is 12.7 Å². The molecule has 164 valence electrons. The molecular weight excluding hydrogens is 386 g/mol. The third-order valence-electron chi connectivity index (χ3n) is 7.83. The zero-order valence-corrected chi connectivity index (χ0v) is 17.5. The molecule has 0 heterocycles. The average molecular weight is 419 g/mol. The van der Waals surface area contributed by atoms with E-state index in [1.165, 1.54) is 31.4 Å². The number of urea groups is 1. The molecule has 0 spiro atoms. The highest BCUT2D eigenvalue weighted by Gasteiger charge is 2.51. The Labute approximate surface area is 177 Å². The van der Waals surface area contributed by atoms with E-state index in [9.17, 15) is 13.6 Å². The minimum atomic E-state index is -0.577. The lowest BCUT2D eigenvalue weighted by molar-refractivity contribution is -0.0142. The molecule has 30 heavy (non-hydrogen) atoms. The van der Waals surface area contributed by atoms with Gasteiger partial charge in [-0.3, -0.25) is 0 Å². The lowest BCUT2D eigenvalue weighted by atomic mass is 9.53. The largest absolute Gasteiger partial charge is 0.374 e. The van der Waals surface area contributed by atoms with Crippen LogP contribution in [0.25, 0.3) is 0 Å². The van der Waals surface area contributed by atoms with E-state index < -0.39 is 11.6 Å². The highest BCUT2D eigenvalue weighted by Crippen LogP contribution is 2.55. The van der Waals surface area contributed by atoms with Gasteiger partial charge in [0.1, 0.15) is 11.6 Å². The SMILES string of the molecule is O=C(NC1CCC(OCc2cc(F)cc(F)c2)CC1)NC12CC3CC(CC(C3)C1)C2. The summed E-state index contributed by atoms with van der Waals surface area (Å²) in [5.74, 6) is 1.29. The van der Waals surface area contributed by atoms with E-state index in [-0.39, 0.29) is 30.3 Å². The van der Waals surface area contributed by atoms with Crippen molar-refractivity contribution in [2.24, 2.45) is 17.8 Å². The maximum Gasteiger partial charge on any atom is 0.315 e. The fourth-order valence-electron chi connectivity index (χ4n) is 7.01. The Balaban J connectivity index is 1.06. The van der Waals surface area contributed by atoms with Gasteiger partial charge in [-0.2, -0.15) is 0 Å². The molecule has 0 aliphatic heterocycles. The van der Waals surface area contributed by atoms with Crippen molar-refractivity contribution in [2.45, 2.75) is 88.5 Å². The van der Waals surface area contributed by atoms with Crippen molar-refractivity contribution < 1.29 is 18.3 Å². The summed E-state index contributed by atoms with van der Waals surface area (Å²) in [6, 6.07) is 3.66. The van der Waals surface area contributed by atoms with Gasteiger partial charge in [-0.05, 0) is 99.7 Å². The molecule has 4 nitrogen and oxygen atoms in total. The molecule has 5 aliphatic carbocycles. The zero-order chi connectivity index (χ0) is 20.7. The van der Waals surface area contributed by atoms with Gasteiger partial charge < -0.3 is 15.4 Å². The summed E-state index contributed by atoms with van der Waals surface area (Å²) in [5.41, 5.74) is 0.557. The van der Waals surface area contributed by atoms with Crippen LogP contribution in [0.2, 0.25) is 0 Å². The standard InChI is InChI=1S/C24H32F2N2O2/c25-19-8-18(9-20(26)10-19)14-30-22-3-1-21(2-4-22)27-23(29)28-24-11-15-5-16(12-24)7-17(6-15)13-24/h8-10,15-17,21-22H,1-7,11-14H2,(H2,27,28,29). The minimum absolute atomic E-state index is 0.00319. The molecule has 2 N–H and O–H groups in total. The normalized spacial score (nSPS) is 37.2. The number of carbonyl (C=O) groups is 1. The fourth-order valence-corrected chi connectivity index (χ4v) is 7.01. The van der Waals surface area contributed by atoms with E-state index in [2.05, 4.69) is 10.6 Å². The number of ether oxygens (including phenoxy) is 1. The van der Waals surface area contributed by atoms with E-state index in [4.69, 9.17) is 4.74 Å². The summed E-state index contributed by atoms with van der Waals surface area (Å²) in [7, 11) is 0. The van der Waals surface area contributed by atoms with Crippen LogP contribution in [0.15, 0.2) is 18.2 Å². The van der Waals surface area contributed by atoms with Crippen LogP contribution in [0.3, 0.4) is 0 Å². The number of benzene rings is 1. The topological polar surface area (TPSA) is 50.4 Å². The predicted octanol–water partition coefficient (Wildman–Crippen LogP) is 5.06. The van der Waals surface area contributed by atoms with Crippen molar-refractivity contribution in [1.29, 1.82) is 0 Å². The first-order valence-corrected chi connectivity index (χ1v) is 11.6. The van der Waals surface area contributed by atoms with Crippen molar-refractivity contribution >= 4 is 6.03 Å².